The Kier molecular flexibility index (Phi) is 6.11. The summed E-state index contributed by atoms with van der Waals surface area (Å²) in [5.74, 6) is -0.274. The normalized spacial score (nSPS) is 14.8. The van der Waals surface area contributed by atoms with Crippen molar-refractivity contribution in [1.82, 2.24) is 4.98 Å². The molecule has 0 radical (unpaired) electrons. The molecule has 0 aliphatic carbocycles. The smallest absolute Gasteiger partial charge is 0.337 e. The van der Waals surface area contributed by atoms with E-state index in [2.05, 4.69) is 10.3 Å². The third-order valence-electron chi connectivity index (χ3n) is 5.66. The van der Waals surface area contributed by atoms with Crippen LogP contribution in [0.3, 0.4) is 0 Å². The number of methoxy groups -OCH3 is 1. The highest BCUT2D eigenvalue weighted by Crippen LogP contribution is 2.38. The van der Waals surface area contributed by atoms with Gasteiger partial charge in [0, 0.05) is 49.2 Å². The lowest BCUT2D eigenvalue weighted by Gasteiger charge is -2.28. The molecule has 32 heavy (non-hydrogen) atoms. The van der Waals surface area contributed by atoms with Crippen molar-refractivity contribution in [3.05, 3.63) is 71.8 Å². The molecule has 0 unspecified atom stereocenters. The van der Waals surface area contributed by atoms with Crippen LogP contribution >= 0.6 is 0 Å². The number of aromatic carboxylic acids is 1. The summed E-state index contributed by atoms with van der Waals surface area (Å²) in [7, 11) is 3.33. The van der Waals surface area contributed by atoms with Gasteiger partial charge in [0.15, 0.2) is 11.6 Å². The number of nitrogens with zero attached hydrogens (tertiary/aromatic N) is 2. The fourth-order valence-corrected chi connectivity index (χ4v) is 3.83. The molecule has 1 aliphatic heterocycles. The van der Waals surface area contributed by atoms with Crippen LogP contribution in [0.15, 0.2) is 54.9 Å². The topological polar surface area (TPSA) is 83.9 Å². The number of carbonyl (C=O) groups is 1. The number of halogens is 1. The van der Waals surface area contributed by atoms with Gasteiger partial charge in [-0.2, -0.15) is 0 Å². The Morgan fingerprint density at radius 3 is 2.84 bits per heavy atom. The second-order valence-corrected chi connectivity index (χ2v) is 7.54. The lowest BCUT2D eigenvalue weighted by molar-refractivity contribution is 0.0697. The van der Waals surface area contributed by atoms with Crippen LogP contribution in [0.1, 0.15) is 28.3 Å². The number of pyridine rings is 1. The Morgan fingerprint density at radius 1 is 1.28 bits per heavy atom. The minimum Gasteiger partial charge on any atom is -0.494 e. The third-order valence-corrected chi connectivity index (χ3v) is 5.66. The second-order valence-electron chi connectivity index (χ2n) is 7.54. The molecule has 0 saturated heterocycles. The molecule has 4 rings (SSSR count). The van der Waals surface area contributed by atoms with Crippen molar-refractivity contribution in [2.45, 2.75) is 12.3 Å². The van der Waals surface area contributed by atoms with Crippen LogP contribution in [0, 0.1) is 5.82 Å². The first kappa shape index (κ1) is 21.4. The summed E-state index contributed by atoms with van der Waals surface area (Å²) in [4.78, 5) is 17.4. The van der Waals surface area contributed by atoms with Crippen molar-refractivity contribution in [3.8, 4) is 11.5 Å². The Bertz CT molecular complexity index is 1140. The van der Waals surface area contributed by atoms with Crippen molar-refractivity contribution in [2.75, 3.05) is 37.5 Å². The quantitative estimate of drug-likeness (QED) is 0.556. The van der Waals surface area contributed by atoms with E-state index in [1.54, 1.807) is 12.1 Å². The summed E-state index contributed by atoms with van der Waals surface area (Å²) in [6.45, 7) is 1.13. The van der Waals surface area contributed by atoms with E-state index in [1.807, 2.05) is 30.1 Å². The fraction of sp³-hybridized carbons (Fsp3) is 0.250. The molecule has 2 N–H and O–H groups in total. The first-order chi connectivity index (χ1) is 15.5. The third kappa shape index (κ3) is 4.30. The number of fused-ring (bicyclic) bond motifs is 1. The lowest BCUT2D eigenvalue weighted by Crippen LogP contribution is -2.22. The second kappa shape index (κ2) is 9.13. The summed E-state index contributed by atoms with van der Waals surface area (Å²) in [5, 5.41) is 12.6. The predicted octanol–water partition coefficient (Wildman–Crippen LogP) is 4.67. The number of nitrogens with one attached hydrogen (secondary N) is 1. The van der Waals surface area contributed by atoms with Gasteiger partial charge in [-0.05, 0) is 36.2 Å². The maximum Gasteiger partial charge on any atom is 0.337 e. The Balaban J connectivity index is 1.53. The Hall–Kier alpha value is -3.81. The van der Waals surface area contributed by atoms with E-state index >= 15 is 0 Å². The molecule has 2 aromatic carbocycles. The summed E-state index contributed by atoms with van der Waals surface area (Å²) in [6.07, 6.45) is 3.80. The van der Waals surface area contributed by atoms with Crippen LogP contribution in [-0.4, -0.2) is 43.4 Å². The van der Waals surface area contributed by atoms with Crippen molar-refractivity contribution in [3.63, 3.8) is 0 Å². The molecule has 0 fully saturated rings. The molecule has 0 saturated carbocycles. The van der Waals surface area contributed by atoms with E-state index in [0.717, 1.165) is 29.1 Å². The molecule has 1 aromatic heterocycles. The number of ether oxygens (including phenoxy) is 2. The summed E-state index contributed by atoms with van der Waals surface area (Å²) >= 11 is 0. The van der Waals surface area contributed by atoms with Crippen molar-refractivity contribution >= 4 is 23.0 Å². The molecule has 7 nitrogen and oxygen atoms in total. The van der Waals surface area contributed by atoms with E-state index in [4.69, 9.17) is 9.47 Å². The first-order valence-electron chi connectivity index (χ1n) is 10.2. The highest BCUT2D eigenvalue weighted by Gasteiger charge is 2.23. The molecular weight excluding hydrogens is 413 g/mol. The summed E-state index contributed by atoms with van der Waals surface area (Å²) in [6, 6.07) is 12.2. The van der Waals surface area contributed by atoms with Crippen molar-refractivity contribution in [2.24, 2.45) is 0 Å². The Morgan fingerprint density at radius 2 is 2.06 bits per heavy atom. The molecular formula is C24H24FN3O4. The Labute approximate surface area is 185 Å². The number of hydrogen-bond acceptors (Lipinski definition) is 6. The van der Waals surface area contributed by atoms with Gasteiger partial charge in [0.1, 0.15) is 5.75 Å². The van der Waals surface area contributed by atoms with Crippen LogP contribution in [0.5, 0.6) is 11.5 Å². The number of benzene rings is 2. The number of aromatic nitrogens is 1. The van der Waals surface area contributed by atoms with E-state index in [0.29, 0.717) is 18.8 Å². The van der Waals surface area contributed by atoms with Crippen LogP contribution in [-0.2, 0) is 0 Å². The zero-order valence-electron chi connectivity index (χ0n) is 17.8. The van der Waals surface area contributed by atoms with Gasteiger partial charge in [-0.3, -0.25) is 4.98 Å². The highest BCUT2D eigenvalue weighted by molar-refractivity contribution is 5.93. The fourth-order valence-electron chi connectivity index (χ4n) is 3.83. The monoisotopic (exact) mass is 437 g/mol. The molecule has 0 amide bonds. The molecule has 8 heteroatoms. The van der Waals surface area contributed by atoms with Gasteiger partial charge < -0.3 is 24.8 Å². The van der Waals surface area contributed by atoms with Crippen LogP contribution in [0.25, 0.3) is 0 Å². The summed E-state index contributed by atoms with van der Waals surface area (Å²) < 4.78 is 24.8. The number of anilines is 3. The van der Waals surface area contributed by atoms with Gasteiger partial charge in [0.05, 0.1) is 31.2 Å². The zero-order chi connectivity index (χ0) is 22.7. The standard InChI is InChI=1S/C24H24FN3O4/c1-28(17-4-6-20(25)23(12-17)31-2)16-3-5-18-15(8-10-32-22(18)11-16)13-27-21-14-26-9-7-19(21)24(29)30/h3-7,9,11-12,14-15,27H,8,10,13H2,1-2H3,(H,29,30)/t15-/m0/s1. The maximum atomic E-state index is 13.8. The van der Waals surface area contributed by atoms with E-state index in [9.17, 15) is 14.3 Å². The molecule has 2 heterocycles. The first-order valence-corrected chi connectivity index (χ1v) is 10.2. The van der Waals surface area contributed by atoms with E-state index < -0.39 is 11.8 Å². The average molecular weight is 437 g/mol. The van der Waals surface area contributed by atoms with Crippen LogP contribution < -0.4 is 19.7 Å². The van der Waals surface area contributed by atoms with Crippen molar-refractivity contribution in [1.29, 1.82) is 0 Å². The van der Waals surface area contributed by atoms with E-state index in [1.165, 1.54) is 31.6 Å². The van der Waals surface area contributed by atoms with Gasteiger partial charge in [0.2, 0.25) is 0 Å². The van der Waals surface area contributed by atoms with Gasteiger partial charge in [-0.25, -0.2) is 9.18 Å². The van der Waals surface area contributed by atoms with Crippen molar-refractivity contribution < 1.29 is 23.8 Å². The maximum absolute atomic E-state index is 13.8. The van der Waals surface area contributed by atoms with E-state index in [-0.39, 0.29) is 17.2 Å². The highest BCUT2D eigenvalue weighted by atomic mass is 19.1. The molecule has 1 aliphatic rings. The SMILES string of the molecule is COc1cc(N(C)c2ccc3c(c2)OCC[C@H]3CNc2cnccc2C(=O)O)ccc1F. The number of carboxylic acids is 1. The van der Waals surface area contributed by atoms with Crippen LogP contribution in [0.2, 0.25) is 0 Å². The zero-order valence-corrected chi connectivity index (χ0v) is 17.8. The molecule has 0 bridgehead atoms. The lowest BCUT2D eigenvalue weighted by atomic mass is 9.92. The molecule has 1 atom stereocenters. The largest absolute Gasteiger partial charge is 0.494 e. The number of carboxylic acid groups (broad SMARTS) is 1. The predicted molar refractivity (Wildman–Crippen MR) is 120 cm³/mol. The minimum atomic E-state index is -0.993. The van der Waals surface area contributed by atoms with Gasteiger partial charge in [-0.15, -0.1) is 0 Å². The molecule has 0 spiro atoms. The van der Waals surface area contributed by atoms with Gasteiger partial charge in [-0.1, -0.05) is 6.07 Å². The van der Waals surface area contributed by atoms with Gasteiger partial charge in [0.25, 0.3) is 0 Å². The molecule has 3 aromatic rings. The number of rotatable bonds is 7. The average Bonchev–Trinajstić information content (AvgIpc) is 2.82. The summed E-state index contributed by atoms with van der Waals surface area (Å²) in [5.41, 5.74) is 3.42. The van der Waals surface area contributed by atoms with Crippen LogP contribution in [0.4, 0.5) is 21.5 Å². The minimum absolute atomic E-state index is 0.158. The molecule has 166 valence electrons. The number of hydrogen-bond donors (Lipinski definition) is 2. The van der Waals surface area contributed by atoms with Gasteiger partial charge >= 0.3 is 5.97 Å².